The number of nitrogens with zero attached hydrogens (tertiary/aromatic N) is 4. The number of unbranched alkanes of at least 4 members (excludes halogenated alkanes) is 1. The van der Waals surface area contributed by atoms with Crippen molar-refractivity contribution in [3.8, 4) is 5.69 Å². The van der Waals surface area contributed by atoms with Gasteiger partial charge in [-0.15, -0.1) is 0 Å². The van der Waals surface area contributed by atoms with E-state index in [9.17, 15) is 14.9 Å². The first-order valence-electron chi connectivity index (χ1n) is 12.4. The van der Waals surface area contributed by atoms with Crippen molar-refractivity contribution in [3.63, 3.8) is 0 Å². The Bertz CT molecular complexity index is 1180. The second kappa shape index (κ2) is 11.8. The molecule has 36 heavy (non-hydrogen) atoms. The summed E-state index contributed by atoms with van der Waals surface area (Å²) >= 11 is 0. The van der Waals surface area contributed by atoms with Crippen LogP contribution in [0.2, 0.25) is 0 Å². The van der Waals surface area contributed by atoms with Crippen molar-refractivity contribution in [2.24, 2.45) is 0 Å². The number of nitro groups is 1. The van der Waals surface area contributed by atoms with Gasteiger partial charge in [0.15, 0.2) is 0 Å². The number of amides is 1. The van der Waals surface area contributed by atoms with Gasteiger partial charge in [0.2, 0.25) is 0 Å². The molecule has 9 heteroatoms. The number of ether oxygens (including phenoxy) is 1. The first-order chi connectivity index (χ1) is 17.4. The predicted octanol–water partition coefficient (Wildman–Crippen LogP) is 4.72. The molecule has 1 aliphatic rings. The molecular formula is C27H33N5O4. The van der Waals surface area contributed by atoms with Gasteiger partial charge in [0.1, 0.15) is 0 Å². The van der Waals surface area contributed by atoms with Crippen LogP contribution in [0.4, 0.5) is 10.5 Å². The maximum absolute atomic E-state index is 12.2. The Balaban J connectivity index is 1.16. The molecule has 1 atom stereocenters. The van der Waals surface area contributed by atoms with E-state index in [2.05, 4.69) is 29.3 Å². The third kappa shape index (κ3) is 6.48. The molecule has 2 aromatic carbocycles. The molecule has 1 amide bonds. The standard InChI is InChI=1S/C27H33N5O4/c1-20-26(21(2)31(29-20)24-9-4-3-5-10-24)19-30-16-15-23(18-30)28-27(33)36-17-7-6-8-22-11-13-25(14-12-22)32(34)35/h3-5,9-14,23H,6-8,15-19H2,1-2H3,(H,28,33). The SMILES string of the molecule is Cc1nn(-c2ccccc2)c(C)c1CN1CCC(NC(=O)OCCCCc2ccc([N+](=O)[O-])cc2)C1. The number of hydrogen-bond acceptors (Lipinski definition) is 6. The average molecular weight is 492 g/mol. The summed E-state index contributed by atoms with van der Waals surface area (Å²) in [6, 6.07) is 16.8. The van der Waals surface area contributed by atoms with Gasteiger partial charge >= 0.3 is 6.09 Å². The lowest BCUT2D eigenvalue weighted by molar-refractivity contribution is -0.384. The van der Waals surface area contributed by atoms with E-state index in [-0.39, 0.29) is 17.8 Å². The van der Waals surface area contributed by atoms with E-state index < -0.39 is 4.92 Å². The lowest BCUT2D eigenvalue weighted by Crippen LogP contribution is -2.37. The molecule has 1 aliphatic heterocycles. The number of para-hydroxylation sites is 1. The molecule has 4 rings (SSSR count). The minimum Gasteiger partial charge on any atom is -0.450 e. The number of aromatic nitrogens is 2. The summed E-state index contributed by atoms with van der Waals surface area (Å²) in [5.74, 6) is 0. The lowest BCUT2D eigenvalue weighted by atomic mass is 10.1. The van der Waals surface area contributed by atoms with Crippen LogP contribution in [-0.4, -0.2) is 51.4 Å². The Morgan fingerprint density at radius 3 is 2.61 bits per heavy atom. The van der Waals surface area contributed by atoms with E-state index in [1.807, 2.05) is 29.8 Å². The fourth-order valence-corrected chi connectivity index (χ4v) is 4.63. The smallest absolute Gasteiger partial charge is 0.407 e. The lowest BCUT2D eigenvalue weighted by Gasteiger charge is -2.17. The van der Waals surface area contributed by atoms with Crippen molar-refractivity contribution in [1.29, 1.82) is 0 Å². The maximum Gasteiger partial charge on any atom is 0.407 e. The van der Waals surface area contributed by atoms with Crippen molar-refractivity contribution in [2.45, 2.75) is 52.1 Å². The van der Waals surface area contributed by atoms with E-state index in [0.717, 1.165) is 68.0 Å². The molecule has 1 aromatic heterocycles. The van der Waals surface area contributed by atoms with Crippen molar-refractivity contribution >= 4 is 11.8 Å². The zero-order chi connectivity index (χ0) is 25.5. The Kier molecular flexibility index (Phi) is 8.32. The van der Waals surface area contributed by atoms with Crippen LogP contribution in [0.1, 0.15) is 41.8 Å². The Morgan fingerprint density at radius 1 is 1.14 bits per heavy atom. The molecule has 3 aromatic rings. The number of non-ortho nitro benzene ring substituents is 1. The van der Waals surface area contributed by atoms with Crippen LogP contribution in [-0.2, 0) is 17.7 Å². The molecule has 9 nitrogen and oxygen atoms in total. The molecule has 1 N–H and O–H groups in total. The summed E-state index contributed by atoms with van der Waals surface area (Å²) in [6.45, 7) is 7.01. The van der Waals surface area contributed by atoms with E-state index >= 15 is 0 Å². The first-order valence-corrected chi connectivity index (χ1v) is 12.4. The van der Waals surface area contributed by atoms with Gasteiger partial charge in [-0.1, -0.05) is 30.3 Å². The highest BCUT2D eigenvalue weighted by Gasteiger charge is 2.26. The summed E-state index contributed by atoms with van der Waals surface area (Å²) < 4.78 is 7.36. The Morgan fingerprint density at radius 2 is 1.89 bits per heavy atom. The van der Waals surface area contributed by atoms with E-state index in [1.54, 1.807) is 12.1 Å². The van der Waals surface area contributed by atoms with Crippen LogP contribution >= 0.6 is 0 Å². The number of alkyl carbamates (subject to hydrolysis) is 1. The first kappa shape index (κ1) is 25.4. The molecule has 2 heterocycles. The molecule has 190 valence electrons. The highest BCUT2D eigenvalue weighted by atomic mass is 16.6. The number of rotatable bonds is 10. The third-order valence-corrected chi connectivity index (χ3v) is 6.66. The van der Waals surface area contributed by atoms with Crippen LogP contribution in [0.5, 0.6) is 0 Å². The summed E-state index contributed by atoms with van der Waals surface area (Å²) in [7, 11) is 0. The van der Waals surface area contributed by atoms with E-state index in [0.29, 0.717) is 6.61 Å². The summed E-state index contributed by atoms with van der Waals surface area (Å²) in [5.41, 5.74) is 5.59. The van der Waals surface area contributed by atoms with Crippen molar-refractivity contribution in [1.82, 2.24) is 20.0 Å². The summed E-state index contributed by atoms with van der Waals surface area (Å²) in [6.07, 6.45) is 2.89. The third-order valence-electron chi connectivity index (χ3n) is 6.66. The van der Waals surface area contributed by atoms with Gasteiger partial charge < -0.3 is 10.1 Å². The topological polar surface area (TPSA) is 103 Å². The quantitative estimate of drug-likeness (QED) is 0.250. The van der Waals surface area contributed by atoms with Gasteiger partial charge in [-0.2, -0.15) is 5.10 Å². The Hall–Kier alpha value is -3.72. The zero-order valence-corrected chi connectivity index (χ0v) is 20.9. The van der Waals surface area contributed by atoms with Crippen molar-refractivity contribution in [2.75, 3.05) is 19.7 Å². The summed E-state index contributed by atoms with van der Waals surface area (Å²) in [4.78, 5) is 24.9. The fraction of sp³-hybridized carbons (Fsp3) is 0.407. The van der Waals surface area contributed by atoms with Gasteiger partial charge in [-0.05, 0) is 57.2 Å². The number of carbonyl (C=O) groups is 1. The van der Waals surface area contributed by atoms with Crippen LogP contribution in [0.15, 0.2) is 54.6 Å². The molecule has 0 radical (unpaired) electrons. The van der Waals surface area contributed by atoms with Gasteiger partial charge in [-0.3, -0.25) is 15.0 Å². The molecule has 0 saturated carbocycles. The largest absolute Gasteiger partial charge is 0.450 e. The molecule has 0 aliphatic carbocycles. The van der Waals surface area contributed by atoms with Crippen LogP contribution < -0.4 is 5.32 Å². The van der Waals surface area contributed by atoms with Crippen molar-refractivity contribution in [3.05, 3.63) is 87.2 Å². The molecule has 1 fully saturated rings. The van der Waals surface area contributed by atoms with Gasteiger partial charge in [0, 0.05) is 49.1 Å². The minimum absolute atomic E-state index is 0.0717. The van der Waals surface area contributed by atoms with Gasteiger partial charge in [0.05, 0.1) is 22.9 Å². The number of carbonyl (C=O) groups excluding carboxylic acids is 1. The molecule has 0 bridgehead atoms. The maximum atomic E-state index is 12.2. The normalized spacial score (nSPS) is 15.7. The highest BCUT2D eigenvalue weighted by molar-refractivity contribution is 5.67. The zero-order valence-electron chi connectivity index (χ0n) is 20.9. The van der Waals surface area contributed by atoms with Crippen molar-refractivity contribution < 1.29 is 14.5 Å². The van der Waals surface area contributed by atoms with Crippen LogP contribution in [0.25, 0.3) is 5.69 Å². The fourth-order valence-electron chi connectivity index (χ4n) is 4.63. The predicted molar refractivity (Wildman–Crippen MR) is 137 cm³/mol. The molecule has 1 saturated heterocycles. The minimum atomic E-state index is -0.401. The number of benzene rings is 2. The second-order valence-corrected chi connectivity index (χ2v) is 9.28. The number of aryl methyl sites for hydroxylation is 2. The number of nitro benzene ring substituents is 1. The van der Waals surface area contributed by atoms with Crippen LogP contribution in [0, 0.1) is 24.0 Å². The van der Waals surface area contributed by atoms with Gasteiger partial charge in [-0.25, -0.2) is 9.48 Å². The Labute approximate surface area is 211 Å². The molecular weight excluding hydrogens is 458 g/mol. The van der Waals surface area contributed by atoms with E-state index in [4.69, 9.17) is 9.84 Å². The van der Waals surface area contributed by atoms with E-state index in [1.165, 1.54) is 17.7 Å². The second-order valence-electron chi connectivity index (χ2n) is 9.28. The monoisotopic (exact) mass is 491 g/mol. The summed E-state index contributed by atoms with van der Waals surface area (Å²) in [5, 5.41) is 18.5. The number of nitrogens with one attached hydrogen (secondary N) is 1. The number of hydrogen-bond donors (Lipinski definition) is 1. The number of likely N-dealkylation sites (tertiary alicyclic amines) is 1. The molecule has 1 unspecified atom stereocenters. The highest BCUT2D eigenvalue weighted by Crippen LogP contribution is 2.22. The molecule has 0 spiro atoms. The van der Waals surface area contributed by atoms with Crippen LogP contribution in [0.3, 0.4) is 0 Å². The van der Waals surface area contributed by atoms with Gasteiger partial charge in [0.25, 0.3) is 5.69 Å². The average Bonchev–Trinajstić information content (AvgIpc) is 3.43.